The van der Waals surface area contributed by atoms with E-state index in [9.17, 15) is 9.59 Å². The highest BCUT2D eigenvalue weighted by Gasteiger charge is 2.14. The van der Waals surface area contributed by atoms with Crippen LogP contribution in [0.2, 0.25) is 0 Å². The number of hydrogen-bond donors (Lipinski definition) is 0. The Bertz CT molecular complexity index is 845. The standard InChI is InChI=1S/C24H28O4/c1-23(2,3)27-21(25)13-9-17-7-11-20-16-18(8-12-19(20)15-17)10-14-22(26)28-24(4,5)6/h7-16H,1-6H3. The fourth-order valence-electron chi connectivity index (χ4n) is 2.49. The number of benzene rings is 2. The van der Waals surface area contributed by atoms with Gasteiger partial charge in [-0.05, 0) is 87.7 Å². The fourth-order valence-corrected chi connectivity index (χ4v) is 2.49. The van der Waals surface area contributed by atoms with Crippen molar-refractivity contribution in [3.8, 4) is 0 Å². The van der Waals surface area contributed by atoms with Crippen molar-refractivity contribution in [2.24, 2.45) is 0 Å². The molecule has 0 aliphatic carbocycles. The van der Waals surface area contributed by atoms with E-state index < -0.39 is 11.2 Å². The lowest BCUT2D eigenvalue weighted by Crippen LogP contribution is -2.22. The minimum absolute atomic E-state index is 0.366. The average molecular weight is 380 g/mol. The summed E-state index contributed by atoms with van der Waals surface area (Å²) in [5.41, 5.74) is 0.813. The molecule has 0 fully saturated rings. The van der Waals surface area contributed by atoms with Crippen molar-refractivity contribution in [1.29, 1.82) is 0 Å². The Morgan fingerprint density at radius 3 is 1.36 bits per heavy atom. The molecule has 0 saturated heterocycles. The summed E-state index contributed by atoms with van der Waals surface area (Å²) in [4.78, 5) is 23.6. The van der Waals surface area contributed by atoms with Gasteiger partial charge < -0.3 is 9.47 Å². The summed E-state index contributed by atoms with van der Waals surface area (Å²) in [6.07, 6.45) is 6.35. The van der Waals surface area contributed by atoms with Crippen molar-refractivity contribution in [3.63, 3.8) is 0 Å². The predicted octanol–water partition coefficient (Wildman–Crippen LogP) is 5.55. The van der Waals surface area contributed by atoms with E-state index in [0.717, 1.165) is 21.9 Å². The largest absolute Gasteiger partial charge is 0.457 e. The second kappa shape index (κ2) is 8.42. The summed E-state index contributed by atoms with van der Waals surface area (Å²) in [5, 5.41) is 2.08. The number of rotatable bonds is 4. The van der Waals surface area contributed by atoms with Crippen LogP contribution < -0.4 is 0 Å². The molecule has 0 bridgehead atoms. The third-order valence-electron chi connectivity index (χ3n) is 3.53. The lowest BCUT2D eigenvalue weighted by molar-refractivity contribution is -0.149. The first-order valence-corrected chi connectivity index (χ1v) is 9.27. The normalized spacial score (nSPS) is 12.6. The molecule has 0 aromatic heterocycles. The van der Waals surface area contributed by atoms with Gasteiger partial charge in [0.15, 0.2) is 0 Å². The minimum Gasteiger partial charge on any atom is -0.457 e. The van der Waals surface area contributed by atoms with Gasteiger partial charge in [0.2, 0.25) is 0 Å². The van der Waals surface area contributed by atoms with Crippen LogP contribution >= 0.6 is 0 Å². The molecule has 2 aromatic carbocycles. The van der Waals surface area contributed by atoms with E-state index in [-0.39, 0.29) is 11.9 Å². The molecule has 2 rings (SSSR count). The lowest BCUT2D eigenvalue weighted by Gasteiger charge is -2.18. The molecule has 0 N–H and O–H groups in total. The van der Waals surface area contributed by atoms with Crippen LogP contribution in [0.5, 0.6) is 0 Å². The van der Waals surface area contributed by atoms with Crippen molar-refractivity contribution in [2.75, 3.05) is 0 Å². The molecule has 0 saturated carbocycles. The van der Waals surface area contributed by atoms with Crippen molar-refractivity contribution in [1.82, 2.24) is 0 Å². The maximum Gasteiger partial charge on any atom is 0.331 e. The Morgan fingerprint density at radius 2 is 1.04 bits per heavy atom. The van der Waals surface area contributed by atoms with Gasteiger partial charge in [0.05, 0.1) is 0 Å². The van der Waals surface area contributed by atoms with Crippen LogP contribution in [0, 0.1) is 0 Å². The average Bonchev–Trinajstić information content (AvgIpc) is 2.55. The number of carbonyl (C=O) groups is 2. The Hall–Kier alpha value is -2.88. The van der Waals surface area contributed by atoms with Gasteiger partial charge in [-0.25, -0.2) is 9.59 Å². The molecule has 0 atom stereocenters. The summed E-state index contributed by atoms with van der Waals surface area (Å²) < 4.78 is 10.5. The van der Waals surface area contributed by atoms with Gasteiger partial charge in [0.1, 0.15) is 11.2 Å². The first-order valence-electron chi connectivity index (χ1n) is 9.27. The molecule has 0 unspecified atom stereocenters. The van der Waals surface area contributed by atoms with E-state index in [1.807, 2.05) is 77.9 Å². The van der Waals surface area contributed by atoms with Crippen molar-refractivity contribution in [2.45, 2.75) is 52.7 Å². The van der Waals surface area contributed by atoms with Crippen LogP contribution in [0.4, 0.5) is 0 Å². The Labute approximate surface area is 166 Å². The second-order valence-electron chi connectivity index (χ2n) is 8.60. The number of fused-ring (bicyclic) bond motifs is 1. The highest BCUT2D eigenvalue weighted by Crippen LogP contribution is 2.20. The van der Waals surface area contributed by atoms with Crippen molar-refractivity contribution < 1.29 is 19.1 Å². The van der Waals surface area contributed by atoms with Gasteiger partial charge in [0, 0.05) is 12.2 Å². The van der Waals surface area contributed by atoms with E-state index in [0.29, 0.717) is 0 Å². The zero-order valence-electron chi connectivity index (χ0n) is 17.4. The summed E-state index contributed by atoms with van der Waals surface area (Å²) >= 11 is 0. The quantitative estimate of drug-likeness (QED) is 0.515. The molecular formula is C24H28O4. The molecule has 2 aromatic rings. The van der Waals surface area contributed by atoms with Crippen LogP contribution in [-0.2, 0) is 19.1 Å². The molecular weight excluding hydrogens is 352 g/mol. The van der Waals surface area contributed by atoms with Gasteiger partial charge in [-0.2, -0.15) is 0 Å². The monoisotopic (exact) mass is 380 g/mol. The van der Waals surface area contributed by atoms with Gasteiger partial charge in [-0.1, -0.05) is 24.3 Å². The van der Waals surface area contributed by atoms with Crippen LogP contribution in [0.1, 0.15) is 52.7 Å². The molecule has 4 heteroatoms. The maximum atomic E-state index is 11.8. The Balaban J connectivity index is 2.11. The molecule has 28 heavy (non-hydrogen) atoms. The van der Waals surface area contributed by atoms with Crippen LogP contribution in [0.15, 0.2) is 48.6 Å². The van der Waals surface area contributed by atoms with E-state index >= 15 is 0 Å². The first kappa shape index (κ1) is 21.4. The zero-order valence-corrected chi connectivity index (χ0v) is 17.4. The third-order valence-corrected chi connectivity index (χ3v) is 3.53. The number of ether oxygens (including phenoxy) is 2. The second-order valence-corrected chi connectivity index (χ2v) is 8.60. The summed E-state index contributed by atoms with van der Waals surface area (Å²) in [7, 11) is 0. The summed E-state index contributed by atoms with van der Waals surface area (Å²) in [6, 6.07) is 11.8. The zero-order chi connectivity index (χ0) is 20.9. The SMILES string of the molecule is CC(C)(C)OC(=O)C=Cc1ccc2cc(C=CC(=O)OC(C)(C)C)ccc2c1. The molecule has 0 spiro atoms. The van der Waals surface area contributed by atoms with E-state index in [4.69, 9.17) is 9.47 Å². The smallest absolute Gasteiger partial charge is 0.331 e. The highest BCUT2D eigenvalue weighted by atomic mass is 16.6. The first-order chi connectivity index (χ1) is 12.9. The van der Waals surface area contributed by atoms with Crippen molar-refractivity contribution in [3.05, 3.63) is 59.7 Å². The molecule has 0 radical (unpaired) electrons. The van der Waals surface area contributed by atoms with E-state index in [1.165, 1.54) is 12.2 Å². The highest BCUT2D eigenvalue weighted by molar-refractivity contribution is 5.92. The molecule has 0 amide bonds. The van der Waals surface area contributed by atoms with Crippen molar-refractivity contribution >= 4 is 34.9 Å². The van der Waals surface area contributed by atoms with Gasteiger partial charge in [0.25, 0.3) is 0 Å². The third kappa shape index (κ3) is 7.39. The topological polar surface area (TPSA) is 52.6 Å². The van der Waals surface area contributed by atoms with Gasteiger partial charge >= 0.3 is 11.9 Å². The van der Waals surface area contributed by atoms with Crippen LogP contribution in [0.25, 0.3) is 22.9 Å². The maximum absolute atomic E-state index is 11.8. The van der Waals surface area contributed by atoms with E-state index in [2.05, 4.69) is 0 Å². The lowest BCUT2D eigenvalue weighted by atomic mass is 10.0. The summed E-state index contributed by atoms with van der Waals surface area (Å²) in [5.74, 6) is -0.731. The molecule has 148 valence electrons. The Kier molecular flexibility index (Phi) is 6.45. The fraction of sp³-hybridized carbons (Fsp3) is 0.333. The molecule has 4 nitrogen and oxygen atoms in total. The van der Waals surface area contributed by atoms with E-state index in [1.54, 1.807) is 12.2 Å². The molecule has 0 aliphatic rings. The van der Waals surface area contributed by atoms with Crippen LogP contribution in [-0.4, -0.2) is 23.1 Å². The number of esters is 2. The minimum atomic E-state index is -0.506. The molecule has 0 heterocycles. The molecule has 0 aliphatic heterocycles. The van der Waals surface area contributed by atoms with Gasteiger partial charge in [-0.15, -0.1) is 0 Å². The summed E-state index contributed by atoms with van der Waals surface area (Å²) in [6.45, 7) is 11.0. The number of carbonyl (C=O) groups excluding carboxylic acids is 2. The Morgan fingerprint density at radius 1 is 0.679 bits per heavy atom. The van der Waals surface area contributed by atoms with Gasteiger partial charge in [-0.3, -0.25) is 0 Å². The van der Waals surface area contributed by atoms with Crippen LogP contribution in [0.3, 0.4) is 0 Å². The number of hydrogen-bond acceptors (Lipinski definition) is 4. The predicted molar refractivity (Wildman–Crippen MR) is 114 cm³/mol.